The van der Waals surface area contributed by atoms with Gasteiger partial charge in [-0.1, -0.05) is 108 Å². The molecule has 0 spiro atoms. The first-order valence-electron chi connectivity index (χ1n) is 11.8. The summed E-state index contributed by atoms with van der Waals surface area (Å²) in [5.74, 6) is 0. The van der Waals surface area contributed by atoms with E-state index in [-0.39, 0.29) is 0 Å². The Bertz CT molecular complexity index is 688. The van der Waals surface area contributed by atoms with Crippen molar-refractivity contribution < 1.29 is 0 Å². The zero-order valence-electron chi connectivity index (χ0n) is 19.0. The summed E-state index contributed by atoms with van der Waals surface area (Å²) in [6, 6.07) is 11.1. The lowest BCUT2D eigenvalue weighted by Gasteiger charge is -2.25. The minimum atomic E-state index is 1.16. The average molecular weight is 382 g/mol. The molecule has 0 N–H and O–H groups in total. The second kappa shape index (κ2) is 12.9. The number of fused-ring (bicyclic) bond motifs is 1. The van der Waals surface area contributed by atoms with E-state index >= 15 is 0 Å². The minimum Gasteiger partial charge on any atom is -0.374 e. The van der Waals surface area contributed by atoms with Gasteiger partial charge in [-0.3, -0.25) is 0 Å². The average Bonchev–Trinajstić information content (AvgIpc) is 2.69. The van der Waals surface area contributed by atoms with Crippen molar-refractivity contribution in [2.24, 2.45) is 0 Å². The van der Waals surface area contributed by atoms with Crippen molar-refractivity contribution in [3.63, 3.8) is 0 Å². The first kappa shape index (κ1) is 22.8. The normalized spacial score (nSPS) is 11.3. The molecule has 0 fully saturated rings. The highest BCUT2D eigenvalue weighted by Gasteiger charge is 2.11. The first-order chi connectivity index (χ1) is 13.6. The third-order valence-corrected chi connectivity index (χ3v) is 6.26. The molecule has 0 radical (unpaired) electrons. The van der Waals surface area contributed by atoms with E-state index in [0.717, 1.165) is 6.54 Å². The molecule has 0 atom stereocenters. The van der Waals surface area contributed by atoms with Crippen LogP contribution in [0.15, 0.2) is 30.3 Å². The number of nitrogens with zero attached hydrogens (tertiary/aromatic N) is 1. The smallest absolute Gasteiger partial charge is 0.0475 e. The molecular weight excluding hydrogens is 338 g/mol. The van der Waals surface area contributed by atoms with E-state index in [9.17, 15) is 0 Å². The van der Waals surface area contributed by atoms with Crippen molar-refractivity contribution in [1.82, 2.24) is 0 Å². The van der Waals surface area contributed by atoms with Gasteiger partial charge in [-0.2, -0.15) is 0 Å². The minimum absolute atomic E-state index is 1.16. The zero-order chi connectivity index (χ0) is 20.2. The first-order valence-corrected chi connectivity index (χ1v) is 11.8. The zero-order valence-corrected chi connectivity index (χ0v) is 19.0. The topological polar surface area (TPSA) is 3.24 Å². The Balaban J connectivity index is 1.65. The van der Waals surface area contributed by atoms with Gasteiger partial charge in [-0.15, -0.1) is 0 Å². The summed E-state index contributed by atoms with van der Waals surface area (Å²) in [6.07, 6.45) is 16.9. The number of rotatable bonds is 14. The molecule has 0 saturated carbocycles. The highest BCUT2D eigenvalue weighted by atomic mass is 15.1. The number of unbranched alkanes of at least 4 members (excludes halogenated alkanes) is 11. The monoisotopic (exact) mass is 381 g/mol. The van der Waals surface area contributed by atoms with Crippen LogP contribution in [0.3, 0.4) is 0 Å². The lowest BCUT2D eigenvalue weighted by atomic mass is 9.99. The van der Waals surface area contributed by atoms with E-state index in [1.807, 2.05) is 0 Å². The van der Waals surface area contributed by atoms with Crippen LogP contribution in [0, 0.1) is 13.8 Å². The van der Waals surface area contributed by atoms with Crippen LogP contribution in [0.5, 0.6) is 0 Å². The number of benzene rings is 2. The van der Waals surface area contributed by atoms with Crippen molar-refractivity contribution in [1.29, 1.82) is 0 Å². The molecule has 2 aromatic rings. The molecule has 2 rings (SSSR count). The molecule has 0 heterocycles. The predicted octanol–water partition coefficient (Wildman–Crippen LogP) is 8.59. The Morgan fingerprint density at radius 3 is 1.86 bits per heavy atom. The van der Waals surface area contributed by atoms with Gasteiger partial charge in [0.1, 0.15) is 0 Å². The molecule has 0 bridgehead atoms. The van der Waals surface area contributed by atoms with Gasteiger partial charge in [0.2, 0.25) is 0 Å². The Labute approximate surface area is 174 Å². The molecule has 0 aliphatic carbocycles. The van der Waals surface area contributed by atoms with E-state index in [1.54, 1.807) is 0 Å². The fourth-order valence-electron chi connectivity index (χ4n) is 4.36. The lowest BCUT2D eigenvalue weighted by molar-refractivity contribution is 0.544. The molecule has 2 aromatic carbocycles. The standard InChI is InChI=1S/C27H43N/c1-5-6-7-8-9-10-11-12-13-14-15-18-21-28(4)27-24(3)23(2)22-25-19-16-17-20-26(25)27/h16-17,19-20,22H,5-15,18,21H2,1-4H3. The quantitative estimate of drug-likeness (QED) is 0.296. The van der Waals surface area contributed by atoms with Gasteiger partial charge < -0.3 is 4.90 Å². The molecule has 0 aromatic heterocycles. The Hall–Kier alpha value is -1.50. The van der Waals surface area contributed by atoms with Crippen LogP contribution in [0.1, 0.15) is 95.1 Å². The van der Waals surface area contributed by atoms with Gasteiger partial charge in [0, 0.05) is 24.7 Å². The van der Waals surface area contributed by atoms with E-state index in [0.29, 0.717) is 0 Å². The fourth-order valence-corrected chi connectivity index (χ4v) is 4.36. The summed E-state index contributed by atoms with van der Waals surface area (Å²) < 4.78 is 0. The molecule has 28 heavy (non-hydrogen) atoms. The van der Waals surface area contributed by atoms with E-state index in [1.165, 1.54) is 105 Å². The maximum absolute atomic E-state index is 2.49. The summed E-state index contributed by atoms with van der Waals surface area (Å²) in [6.45, 7) is 7.96. The molecule has 1 heteroatoms. The Morgan fingerprint density at radius 1 is 0.714 bits per heavy atom. The summed E-state index contributed by atoms with van der Waals surface area (Å²) in [7, 11) is 2.27. The number of hydrogen-bond acceptors (Lipinski definition) is 1. The third-order valence-electron chi connectivity index (χ3n) is 6.26. The van der Waals surface area contributed by atoms with Crippen molar-refractivity contribution in [3.05, 3.63) is 41.5 Å². The van der Waals surface area contributed by atoms with Gasteiger partial charge in [-0.05, 0) is 36.8 Å². The van der Waals surface area contributed by atoms with Gasteiger partial charge in [0.05, 0.1) is 0 Å². The molecule has 156 valence electrons. The maximum Gasteiger partial charge on any atom is 0.0475 e. The predicted molar refractivity (Wildman–Crippen MR) is 128 cm³/mol. The van der Waals surface area contributed by atoms with Crippen molar-refractivity contribution in [2.75, 3.05) is 18.5 Å². The summed E-state index contributed by atoms with van der Waals surface area (Å²) in [4.78, 5) is 2.49. The van der Waals surface area contributed by atoms with E-state index in [2.05, 4.69) is 63.1 Å². The van der Waals surface area contributed by atoms with Crippen LogP contribution in [-0.2, 0) is 0 Å². The second-order valence-electron chi connectivity index (χ2n) is 8.70. The fraction of sp³-hybridized carbons (Fsp3) is 0.630. The van der Waals surface area contributed by atoms with Gasteiger partial charge in [-0.25, -0.2) is 0 Å². The molecule has 1 nitrogen and oxygen atoms in total. The summed E-state index contributed by atoms with van der Waals surface area (Å²) >= 11 is 0. The molecule has 0 saturated heterocycles. The van der Waals surface area contributed by atoms with Crippen LogP contribution >= 0.6 is 0 Å². The van der Waals surface area contributed by atoms with Crippen LogP contribution in [0.2, 0.25) is 0 Å². The molecule has 0 unspecified atom stereocenters. The summed E-state index contributed by atoms with van der Waals surface area (Å²) in [5, 5.41) is 2.76. The largest absolute Gasteiger partial charge is 0.374 e. The van der Waals surface area contributed by atoms with Crippen LogP contribution < -0.4 is 4.90 Å². The second-order valence-corrected chi connectivity index (χ2v) is 8.70. The van der Waals surface area contributed by atoms with Gasteiger partial charge in [0.15, 0.2) is 0 Å². The number of anilines is 1. The number of aryl methyl sites for hydroxylation is 1. The van der Waals surface area contributed by atoms with E-state index < -0.39 is 0 Å². The van der Waals surface area contributed by atoms with Crippen molar-refractivity contribution >= 4 is 16.5 Å². The van der Waals surface area contributed by atoms with Crippen molar-refractivity contribution in [2.45, 2.75) is 97.8 Å². The lowest BCUT2D eigenvalue weighted by Crippen LogP contribution is -2.20. The molecule has 0 amide bonds. The van der Waals surface area contributed by atoms with Gasteiger partial charge in [0.25, 0.3) is 0 Å². The van der Waals surface area contributed by atoms with Crippen LogP contribution in [-0.4, -0.2) is 13.6 Å². The highest BCUT2D eigenvalue weighted by Crippen LogP contribution is 2.32. The summed E-state index contributed by atoms with van der Waals surface area (Å²) in [5.41, 5.74) is 4.26. The number of hydrogen-bond donors (Lipinski definition) is 0. The van der Waals surface area contributed by atoms with Crippen LogP contribution in [0.25, 0.3) is 10.8 Å². The molecular formula is C27H43N. The highest BCUT2D eigenvalue weighted by molar-refractivity contribution is 5.96. The maximum atomic E-state index is 2.49. The SMILES string of the molecule is CCCCCCCCCCCCCCN(C)c1c(C)c(C)cc2ccccc12. The molecule has 0 aliphatic rings. The van der Waals surface area contributed by atoms with E-state index in [4.69, 9.17) is 0 Å². The van der Waals surface area contributed by atoms with Gasteiger partial charge >= 0.3 is 0 Å². The van der Waals surface area contributed by atoms with Crippen molar-refractivity contribution in [3.8, 4) is 0 Å². The van der Waals surface area contributed by atoms with Crippen LogP contribution in [0.4, 0.5) is 5.69 Å². The Morgan fingerprint density at radius 2 is 1.25 bits per heavy atom. The Kier molecular flexibility index (Phi) is 10.5. The molecule has 0 aliphatic heterocycles. The third kappa shape index (κ3) is 7.15.